The molecular formula is C24H30N6O3. The van der Waals surface area contributed by atoms with Crippen LogP contribution in [0.1, 0.15) is 49.0 Å². The summed E-state index contributed by atoms with van der Waals surface area (Å²) in [6, 6.07) is 7.55. The number of aryl methyl sites for hydroxylation is 1. The highest BCUT2D eigenvalue weighted by molar-refractivity contribution is 6.06. The van der Waals surface area contributed by atoms with E-state index in [0.717, 1.165) is 36.0 Å². The van der Waals surface area contributed by atoms with E-state index in [2.05, 4.69) is 20.7 Å². The maximum Gasteiger partial charge on any atom is 0.255 e. The zero-order valence-corrected chi connectivity index (χ0v) is 19.3. The van der Waals surface area contributed by atoms with Gasteiger partial charge in [-0.2, -0.15) is 5.10 Å². The average Bonchev–Trinajstić information content (AvgIpc) is 3.27. The van der Waals surface area contributed by atoms with Crippen LogP contribution < -0.4 is 15.4 Å². The van der Waals surface area contributed by atoms with Crippen LogP contribution in [0.15, 0.2) is 36.7 Å². The second-order valence-corrected chi connectivity index (χ2v) is 8.14. The van der Waals surface area contributed by atoms with Gasteiger partial charge in [0.2, 0.25) is 5.91 Å². The zero-order valence-electron chi connectivity index (χ0n) is 19.3. The van der Waals surface area contributed by atoms with Gasteiger partial charge in [0.05, 0.1) is 29.9 Å². The molecule has 3 heterocycles. The number of nitrogens with zero attached hydrogens (tertiary/aromatic N) is 4. The van der Waals surface area contributed by atoms with E-state index in [9.17, 15) is 9.59 Å². The fraction of sp³-hybridized carbons (Fsp3) is 0.417. The Morgan fingerprint density at radius 3 is 2.67 bits per heavy atom. The molecule has 9 heteroatoms. The molecule has 1 aliphatic rings. The monoisotopic (exact) mass is 450 g/mol. The van der Waals surface area contributed by atoms with E-state index in [1.54, 1.807) is 31.1 Å². The Morgan fingerprint density at radius 2 is 1.97 bits per heavy atom. The number of likely N-dealkylation sites (tertiary alicyclic amines) is 1. The number of aromatic nitrogens is 3. The Balaban J connectivity index is 1.63. The van der Waals surface area contributed by atoms with Gasteiger partial charge < -0.3 is 20.3 Å². The number of methoxy groups -OCH3 is 1. The van der Waals surface area contributed by atoms with Crippen molar-refractivity contribution in [1.29, 1.82) is 0 Å². The lowest BCUT2D eigenvalue weighted by atomic mass is 10.1. The van der Waals surface area contributed by atoms with E-state index < -0.39 is 0 Å². The molecule has 4 rings (SSSR count). The average molecular weight is 451 g/mol. The minimum Gasteiger partial charge on any atom is -0.497 e. The highest BCUT2D eigenvalue weighted by Gasteiger charge is 2.27. The summed E-state index contributed by atoms with van der Waals surface area (Å²) in [5.74, 6) is 0.547. The van der Waals surface area contributed by atoms with Gasteiger partial charge >= 0.3 is 0 Å². The number of carbonyl (C=O) groups excluding carboxylic acids is 2. The number of benzene rings is 1. The van der Waals surface area contributed by atoms with Gasteiger partial charge in [0.25, 0.3) is 5.91 Å². The normalized spacial score (nSPS) is 16.0. The topological polar surface area (TPSA) is 101 Å². The lowest BCUT2D eigenvalue weighted by Crippen LogP contribution is -2.47. The molecular weight excluding hydrogens is 420 g/mol. The van der Waals surface area contributed by atoms with Crippen molar-refractivity contribution < 1.29 is 14.3 Å². The molecule has 1 fully saturated rings. The molecule has 1 unspecified atom stereocenters. The zero-order chi connectivity index (χ0) is 23.4. The number of fused-ring (bicyclic) bond motifs is 1. The fourth-order valence-electron chi connectivity index (χ4n) is 4.23. The number of pyridine rings is 1. The second kappa shape index (κ2) is 9.89. The standard InChI is InChI=1S/C24H30N6O3/c1-4-30-23-19(15-27-30)22(28-21-7-5-6-12-29(21)16(2)31)20(14-25-23)24(32)26-13-17-8-10-18(33-3)11-9-17/h8-11,14-15,21H,4-7,12-13H2,1-3H3,(H,25,28)(H,26,32). The molecule has 1 atom stereocenters. The number of piperidine rings is 1. The number of ether oxygens (including phenoxy) is 1. The van der Waals surface area contributed by atoms with Crippen LogP contribution in [-0.2, 0) is 17.9 Å². The first kappa shape index (κ1) is 22.6. The van der Waals surface area contributed by atoms with Crippen molar-refractivity contribution in [1.82, 2.24) is 25.0 Å². The summed E-state index contributed by atoms with van der Waals surface area (Å²) in [7, 11) is 1.62. The maximum absolute atomic E-state index is 13.2. The first-order valence-electron chi connectivity index (χ1n) is 11.3. The quantitative estimate of drug-likeness (QED) is 0.573. The van der Waals surface area contributed by atoms with Crippen LogP contribution in [0, 0.1) is 0 Å². The third-order valence-electron chi connectivity index (χ3n) is 6.04. The Labute approximate surface area is 193 Å². The summed E-state index contributed by atoms with van der Waals surface area (Å²) in [5.41, 5.74) is 2.75. The van der Waals surface area contributed by atoms with Crippen LogP contribution in [0.4, 0.5) is 5.69 Å². The van der Waals surface area contributed by atoms with Gasteiger partial charge in [0, 0.05) is 32.8 Å². The first-order valence-corrected chi connectivity index (χ1v) is 11.3. The van der Waals surface area contributed by atoms with Crippen molar-refractivity contribution in [2.24, 2.45) is 0 Å². The van der Waals surface area contributed by atoms with E-state index in [1.165, 1.54) is 0 Å². The lowest BCUT2D eigenvalue weighted by molar-refractivity contribution is -0.131. The maximum atomic E-state index is 13.2. The van der Waals surface area contributed by atoms with E-state index in [0.29, 0.717) is 36.5 Å². The predicted molar refractivity (Wildman–Crippen MR) is 126 cm³/mol. The summed E-state index contributed by atoms with van der Waals surface area (Å²) in [5, 5.41) is 11.7. The first-order chi connectivity index (χ1) is 16.0. The smallest absolute Gasteiger partial charge is 0.255 e. The van der Waals surface area contributed by atoms with Gasteiger partial charge in [-0.1, -0.05) is 12.1 Å². The molecule has 2 N–H and O–H groups in total. The largest absolute Gasteiger partial charge is 0.497 e. The Kier molecular flexibility index (Phi) is 6.76. The Bertz CT molecular complexity index is 1140. The lowest BCUT2D eigenvalue weighted by Gasteiger charge is -2.36. The van der Waals surface area contributed by atoms with Crippen molar-refractivity contribution in [3.8, 4) is 5.75 Å². The molecule has 0 spiro atoms. The van der Waals surface area contributed by atoms with Gasteiger partial charge in [-0.05, 0) is 43.9 Å². The molecule has 1 saturated heterocycles. The van der Waals surface area contributed by atoms with Gasteiger partial charge in [0.15, 0.2) is 5.65 Å². The van der Waals surface area contributed by atoms with Gasteiger partial charge in [-0.25, -0.2) is 9.67 Å². The van der Waals surface area contributed by atoms with Gasteiger partial charge in [-0.3, -0.25) is 9.59 Å². The van der Waals surface area contributed by atoms with E-state index in [4.69, 9.17) is 4.74 Å². The van der Waals surface area contributed by atoms with Crippen LogP contribution in [0.2, 0.25) is 0 Å². The molecule has 0 saturated carbocycles. The highest BCUT2D eigenvalue weighted by atomic mass is 16.5. The third-order valence-corrected chi connectivity index (χ3v) is 6.04. The van der Waals surface area contributed by atoms with Crippen molar-refractivity contribution in [2.75, 3.05) is 19.0 Å². The van der Waals surface area contributed by atoms with Crippen LogP contribution >= 0.6 is 0 Å². The molecule has 3 aromatic rings. The molecule has 33 heavy (non-hydrogen) atoms. The Morgan fingerprint density at radius 1 is 1.18 bits per heavy atom. The molecule has 174 valence electrons. The van der Waals surface area contributed by atoms with Crippen LogP contribution in [-0.4, -0.2) is 51.3 Å². The summed E-state index contributed by atoms with van der Waals surface area (Å²) in [4.78, 5) is 31.8. The number of carbonyl (C=O) groups is 2. The molecule has 0 radical (unpaired) electrons. The van der Waals surface area contributed by atoms with Crippen molar-refractivity contribution in [3.05, 3.63) is 47.8 Å². The summed E-state index contributed by atoms with van der Waals surface area (Å²) in [6.45, 7) is 5.32. The highest BCUT2D eigenvalue weighted by Crippen LogP contribution is 2.29. The van der Waals surface area contributed by atoms with Crippen molar-refractivity contribution >= 4 is 28.5 Å². The molecule has 0 aliphatic carbocycles. The van der Waals surface area contributed by atoms with Crippen molar-refractivity contribution in [3.63, 3.8) is 0 Å². The number of amides is 2. The Hall–Kier alpha value is -3.62. The molecule has 2 amide bonds. The molecule has 2 aromatic heterocycles. The number of anilines is 1. The predicted octanol–water partition coefficient (Wildman–Crippen LogP) is 3.16. The van der Waals surface area contributed by atoms with E-state index in [1.807, 2.05) is 36.1 Å². The van der Waals surface area contributed by atoms with Crippen LogP contribution in [0.5, 0.6) is 5.75 Å². The molecule has 0 bridgehead atoms. The van der Waals surface area contributed by atoms with E-state index >= 15 is 0 Å². The molecule has 1 aliphatic heterocycles. The third kappa shape index (κ3) is 4.76. The summed E-state index contributed by atoms with van der Waals surface area (Å²) in [6.07, 6.45) is 5.95. The van der Waals surface area contributed by atoms with Gasteiger partial charge in [0.1, 0.15) is 11.9 Å². The number of nitrogens with one attached hydrogen (secondary N) is 2. The van der Waals surface area contributed by atoms with Crippen LogP contribution in [0.3, 0.4) is 0 Å². The number of hydrogen-bond acceptors (Lipinski definition) is 6. The van der Waals surface area contributed by atoms with Gasteiger partial charge in [-0.15, -0.1) is 0 Å². The number of hydrogen-bond donors (Lipinski definition) is 2. The fourth-order valence-corrected chi connectivity index (χ4v) is 4.23. The van der Waals surface area contributed by atoms with Crippen LogP contribution in [0.25, 0.3) is 11.0 Å². The minimum absolute atomic E-state index is 0.0206. The number of rotatable bonds is 7. The van der Waals surface area contributed by atoms with Crippen molar-refractivity contribution in [2.45, 2.75) is 52.4 Å². The second-order valence-electron chi connectivity index (χ2n) is 8.14. The summed E-state index contributed by atoms with van der Waals surface area (Å²) < 4.78 is 6.98. The minimum atomic E-state index is -0.239. The SMILES string of the molecule is CCn1ncc2c(NC3CCCCN3C(C)=O)c(C(=O)NCc3ccc(OC)cc3)cnc21. The summed E-state index contributed by atoms with van der Waals surface area (Å²) >= 11 is 0. The molecule has 9 nitrogen and oxygen atoms in total. The van der Waals surface area contributed by atoms with E-state index in [-0.39, 0.29) is 18.0 Å². The molecule has 1 aromatic carbocycles.